The molecular formula is C6H10N2O2. The van der Waals surface area contributed by atoms with Gasteiger partial charge in [0.2, 0.25) is 0 Å². The summed E-state index contributed by atoms with van der Waals surface area (Å²) in [6.07, 6.45) is 0.631. The minimum atomic E-state index is -0.111. The molecule has 0 aromatic heterocycles. The summed E-state index contributed by atoms with van der Waals surface area (Å²) < 4.78 is 0. The van der Waals surface area contributed by atoms with Crippen molar-refractivity contribution in [3.8, 4) is 0 Å². The van der Waals surface area contributed by atoms with E-state index in [1.807, 2.05) is 6.92 Å². The maximum absolute atomic E-state index is 10.9. The van der Waals surface area contributed by atoms with Crippen LogP contribution in [0.3, 0.4) is 0 Å². The maximum atomic E-state index is 10.9. The van der Waals surface area contributed by atoms with Crippen LogP contribution >= 0.6 is 0 Å². The van der Waals surface area contributed by atoms with E-state index in [0.29, 0.717) is 25.3 Å². The summed E-state index contributed by atoms with van der Waals surface area (Å²) in [5, 5.41) is 6.20. The number of hydrogen-bond acceptors (Lipinski definition) is 3. The third-order valence-corrected chi connectivity index (χ3v) is 1.20. The van der Waals surface area contributed by atoms with E-state index in [9.17, 15) is 4.79 Å². The van der Waals surface area contributed by atoms with Gasteiger partial charge in [0.1, 0.15) is 12.3 Å². The van der Waals surface area contributed by atoms with Crippen LogP contribution in [0.1, 0.15) is 13.3 Å². The molecular weight excluding hydrogens is 132 g/mol. The van der Waals surface area contributed by atoms with E-state index in [0.717, 1.165) is 0 Å². The number of rotatable bonds is 2. The molecule has 0 fully saturated rings. The maximum Gasteiger partial charge on any atom is 0.269 e. The number of carbonyl (C=O) groups excluding carboxylic acids is 1. The molecule has 0 saturated heterocycles. The van der Waals surface area contributed by atoms with Crippen molar-refractivity contribution in [2.24, 2.45) is 5.16 Å². The van der Waals surface area contributed by atoms with Crippen LogP contribution in [0.4, 0.5) is 0 Å². The average Bonchev–Trinajstić information content (AvgIpc) is 2.38. The monoisotopic (exact) mass is 142 g/mol. The molecule has 0 atom stereocenters. The fourth-order valence-corrected chi connectivity index (χ4v) is 0.729. The van der Waals surface area contributed by atoms with Crippen molar-refractivity contribution in [1.82, 2.24) is 5.32 Å². The molecule has 0 spiro atoms. The highest BCUT2D eigenvalue weighted by atomic mass is 16.6. The van der Waals surface area contributed by atoms with E-state index in [2.05, 4.69) is 15.3 Å². The molecule has 0 aromatic rings. The molecule has 0 radical (unpaired) electrons. The summed E-state index contributed by atoms with van der Waals surface area (Å²) in [5.41, 5.74) is 0.502. The molecule has 56 valence electrons. The SMILES string of the molecule is CCNC(=O)C1=NOCC1. The molecule has 1 rings (SSSR count). The summed E-state index contributed by atoms with van der Waals surface area (Å²) in [7, 11) is 0. The van der Waals surface area contributed by atoms with Gasteiger partial charge in [0.25, 0.3) is 5.91 Å². The Labute approximate surface area is 59.2 Å². The zero-order chi connectivity index (χ0) is 7.40. The van der Waals surface area contributed by atoms with Crippen LogP contribution in [0.25, 0.3) is 0 Å². The Morgan fingerprint density at radius 2 is 2.70 bits per heavy atom. The molecule has 1 amide bonds. The highest BCUT2D eigenvalue weighted by molar-refractivity contribution is 6.39. The molecule has 1 aliphatic rings. The van der Waals surface area contributed by atoms with E-state index in [4.69, 9.17) is 0 Å². The van der Waals surface area contributed by atoms with Crippen molar-refractivity contribution in [2.45, 2.75) is 13.3 Å². The average molecular weight is 142 g/mol. The predicted molar refractivity (Wildman–Crippen MR) is 36.7 cm³/mol. The van der Waals surface area contributed by atoms with Gasteiger partial charge in [0.15, 0.2) is 0 Å². The Morgan fingerprint density at radius 1 is 1.90 bits per heavy atom. The van der Waals surface area contributed by atoms with Gasteiger partial charge in [0, 0.05) is 13.0 Å². The summed E-state index contributed by atoms with van der Waals surface area (Å²) in [6.45, 7) is 3.04. The van der Waals surface area contributed by atoms with Gasteiger partial charge in [-0.2, -0.15) is 0 Å². The van der Waals surface area contributed by atoms with Crippen LogP contribution in [-0.2, 0) is 9.63 Å². The third-order valence-electron chi connectivity index (χ3n) is 1.20. The van der Waals surface area contributed by atoms with Gasteiger partial charge >= 0.3 is 0 Å². The van der Waals surface area contributed by atoms with Crippen LogP contribution in [0.5, 0.6) is 0 Å². The summed E-state index contributed by atoms with van der Waals surface area (Å²) in [6, 6.07) is 0. The second kappa shape index (κ2) is 3.20. The number of nitrogens with one attached hydrogen (secondary N) is 1. The second-order valence-electron chi connectivity index (χ2n) is 1.98. The quantitative estimate of drug-likeness (QED) is 0.585. The Morgan fingerprint density at radius 3 is 3.20 bits per heavy atom. The molecule has 0 unspecified atom stereocenters. The summed E-state index contributed by atoms with van der Waals surface area (Å²) in [4.78, 5) is 15.6. The molecule has 0 bridgehead atoms. The van der Waals surface area contributed by atoms with Crippen LogP contribution in [-0.4, -0.2) is 24.8 Å². The second-order valence-corrected chi connectivity index (χ2v) is 1.98. The first-order chi connectivity index (χ1) is 4.84. The van der Waals surface area contributed by atoms with E-state index in [-0.39, 0.29) is 5.91 Å². The Kier molecular flexibility index (Phi) is 2.25. The smallest absolute Gasteiger partial charge is 0.269 e. The van der Waals surface area contributed by atoms with Crippen LogP contribution in [0, 0.1) is 0 Å². The minimum absolute atomic E-state index is 0.111. The standard InChI is InChI=1S/C6H10N2O2/c1-2-7-6(9)5-3-4-10-8-5/h2-4H2,1H3,(H,7,9). The highest BCUT2D eigenvalue weighted by Crippen LogP contribution is 1.98. The van der Waals surface area contributed by atoms with Gasteiger partial charge in [-0.15, -0.1) is 0 Å². The van der Waals surface area contributed by atoms with Crippen molar-refractivity contribution in [3.63, 3.8) is 0 Å². The lowest BCUT2D eigenvalue weighted by atomic mass is 10.3. The van der Waals surface area contributed by atoms with Crippen LogP contribution in [0.15, 0.2) is 5.16 Å². The lowest BCUT2D eigenvalue weighted by Gasteiger charge is -1.96. The Bertz CT molecular complexity index is 165. The Balaban J connectivity index is 2.40. The summed E-state index contributed by atoms with van der Waals surface area (Å²) in [5.74, 6) is -0.111. The molecule has 4 nitrogen and oxygen atoms in total. The molecule has 0 aromatic carbocycles. The third kappa shape index (κ3) is 1.46. The normalized spacial score (nSPS) is 15.9. The van der Waals surface area contributed by atoms with Crippen molar-refractivity contribution >= 4 is 11.6 Å². The van der Waals surface area contributed by atoms with Gasteiger partial charge in [0.05, 0.1) is 0 Å². The lowest BCUT2D eigenvalue weighted by molar-refractivity contribution is -0.114. The molecule has 1 heterocycles. The summed E-state index contributed by atoms with van der Waals surface area (Å²) >= 11 is 0. The molecule has 10 heavy (non-hydrogen) atoms. The molecule has 4 heteroatoms. The first-order valence-corrected chi connectivity index (χ1v) is 3.31. The Hall–Kier alpha value is -1.06. The fraction of sp³-hybridized carbons (Fsp3) is 0.667. The predicted octanol–water partition coefficient (Wildman–Crippen LogP) is -0.101. The zero-order valence-corrected chi connectivity index (χ0v) is 5.89. The first-order valence-electron chi connectivity index (χ1n) is 3.31. The number of nitrogens with zero attached hydrogens (tertiary/aromatic N) is 1. The van der Waals surface area contributed by atoms with Crippen LogP contribution < -0.4 is 5.32 Å². The lowest BCUT2D eigenvalue weighted by Crippen LogP contribution is -2.29. The minimum Gasteiger partial charge on any atom is -0.395 e. The van der Waals surface area contributed by atoms with E-state index in [1.54, 1.807) is 0 Å². The molecule has 1 N–H and O–H groups in total. The van der Waals surface area contributed by atoms with Crippen molar-refractivity contribution in [3.05, 3.63) is 0 Å². The molecule has 1 aliphatic heterocycles. The number of carbonyl (C=O) groups is 1. The largest absolute Gasteiger partial charge is 0.395 e. The van der Waals surface area contributed by atoms with Crippen molar-refractivity contribution < 1.29 is 9.63 Å². The van der Waals surface area contributed by atoms with Gasteiger partial charge in [-0.3, -0.25) is 4.79 Å². The number of oxime groups is 1. The van der Waals surface area contributed by atoms with Gasteiger partial charge in [-0.1, -0.05) is 5.16 Å². The fourth-order valence-electron chi connectivity index (χ4n) is 0.729. The molecule has 0 aliphatic carbocycles. The topological polar surface area (TPSA) is 50.7 Å². The zero-order valence-electron chi connectivity index (χ0n) is 5.89. The van der Waals surface area contributed by atoms with E-state index < -0.39 is 0 Å². The molecule has 0 saturated carbocycles. The van der Waals surface area contributed by atoms with Gasteiger partial charge < -0.3 is 10.2 Å². The highest BCUT2D eigenvalue weighted by Gasteiger charge is 2.15. The van der Waals surface area contributed by atoms with Crippen molar-refractivity contribution in [2.75, 3.05) is 13.2 Å². The van der Waals surface area contributed by atoms with Gasteiger partial charge in [-0.05, 0) is 6.92 Å². The van der Waals surface area contributed by atoms with Crippen LogP contribution in [0.2, 0.25) is 0 Å². The van der Waals surface area contributed by atoms with E-state index in [1.165, 1.54) is 0 Å². The first kappa shape index (κ1) is 7.05. The number of amides is 1. The van der Waals surface area contributed by atoms with E-state index >= 15 is 0 Å². The van der Waals surface area contributed by atoms with Gasteiger partial charge in [-0.25, -0.2) is 0 Å². The van der Waals surface area contributed by atoms with Crippen molar-refractivity contribution in [1.29, 1.82) is 0 Å². The number of hydrogen-bond donors (Lipinski definition) is 1.